The molecule has 2 rings (SSSR count). The minimum absolute atomic E-state index is 0.237. The molecule has 0 N–H and O–H groups in total. The van der Waals surface area contributed by atoms with Crippen molar-refractivity contribution in [2.75, 3.05) is 32.2 Å². The number of carbonyl (C=O) groups excluding carboxylic acids is 1. The third-order valence-corrected chi connectivity index (χ3v) is 2.71. The molecule has 0 spiro atoms. The molecule has 16 heavy (non-hydrogen) atoms. The van der Waals surface area contributed by atoms with Gasteiger partial charge < -0.3 is 14.4 Å². The van der Waals surface area contributed by atoms with Gasteiger partial charge in [0.2, 0.25) is 0 Å². The van der Waals surface area contributed by atoms with Crippen molar-refractivity contribution in [2.24, 2.45) is 0 Å². The SMILES string of the molecule is COC(=O)CN(C)c1ccc2c(c1)CCO2. The molecule has 1 aliphatic heterocycles. The molecule has 4 nitrogen and oxygen atoms in total. The molecular weight excluding hydrogens is 206 g/mol. The van der Waals surface area contributed by atoms with E-state index in [-0.39, 0.29) is 12.5 Å². The van der Waals surface area contributed by atoms with Crippen molar-refractivity contribution in [3.8, 4) is 5.75 Å². The summed E-state index contributed by atoms with van der Waals surface area (Å²) in [6.45, 7) is 1.01. The monoisotopic (exact) mass is 221 g/mol. The van der Waals surface area contributed by atoms with Gasteiger partial charge in [-0.1, -0.05) is 0 Å². The Kier molecular flexibility index (Phi) is 2.99. The average Bonchev–Trinajstić information content (AvgIpc) is 2.75. The van der Waals surface area contributed by atoms with Crippen molar-refractivity contribution in [3.05, 3.63) is 23.8 Å². The van der Waals surface area contributed by atoms with E-state index in [4.69, 9.17) is 4.74 Å². The third-order valence-electron chi connectivity index (χ3n) is 2.71. The smallest absolute Gasteiger partial charge is 0.325 e. The minimum atomic E-state index is -0.237. The highest BCUT2D eigenvalue weighted by Crippen LogP contribution is 2.28. The van der Waals surface area contributed by atoms with Crippen molar-refractivity contribution in [1.82, 2.24) is 0 Å². The van der Waals surface area contributed by atoms with Gasteiger partial charge in [-0.3, -0.25) is 4.79 Å². The number of hydrogen-bond acceptors (Lipinski definition) is 4. The second-order valence-electron chi connectivity index (χ2n) is 3.82. The molecule has 4 heteroatoms. The average molecular weight is 221 g/mol. The lowest BCUT2D eigenvalue weighted by Gasteiger charge is -2.18. The van der Waals surface area contributed by atoms with Gasteiger partial charge in [0.25, 0.3) is 0 Å². The van der Waals surface area contributed by atoms with Crippen LogP contribution in [0.2, 0.25) is 0 Å². The number of nitrogens with zero attached hydrogens (tertiary/aromatic N) is 1. The summed E-state index contributed by atoms with van der Waals surface area (Å²) in [6, 6.07) is 5.96. The molecule has 0 bridgehead atoms. The van der Waals surface area contributed by atoms with E-state index >= 15 is 0 Å². The second kappa shape index (κ2) is 4.43. The van der Waals surface area contributed by atoms with Gasteiger partial charge in [0.05, 0.1) is 13.7 Å². The summed E-state index contributed by atoms with van der Waals surface area (Å²) >= 11 is 0. The van der Waals surface area contributed by atoms with Crippen LogP contribution in [0.1, 0.15) is 5.56 Å². The summed E-state index contributed by atoms with van der Waals surface area (Å²) in [4.78, 5) is 13.0. The van der Waals surface area contributed by atoms with E-state index in [2.05, 4.69) is 10.8 Å². The first-order valence-corrected chi connectivity index (χ1v) is 5.24. The Labute approximate surface area is 94.8 Å². The maximum Gasteiger partial charge on any atom is 0.325 e. The van der Waals surface area contributed by atoms with Crippen LogP contribution in [0.5, 0.6) is 5.75 Å². The number of hydrogen-bond donors (Lipinski definition) is 0. The first kappa shape index (κ1) is 10.8. The molecule has 1 aromatic rings. The quantitative estimate of drug-likeness (QED) is 0.720. The van der Waals surface area contributed by atoms with Crippen molar-refractivity contribution < 1.29 is 14.3 Å². The van der Waals surface area contributed by atoms with Gasteiger partial charge in [0.1, 0.15) is 12.3 Å². The van der Waals surface area contributed by atoms with E-state index in [9.17, 15) is 4.79 Å². The van der Waals surface area contributed by atoms with Crippen LogP contribution in [0.25, 0.3) is 0 Å². The van der Waals surface area contributed by atoms with Crippen molar-refractivity contribution >= 4 is 11.7 Å². The molecule has 0 amide bonds. The standard InChI is InChI=1S/C12H15NO3/c1-13(8-12(14)15-2)10-3-4-11-9(7-10)5-6-16-11/h3-4,7H,5-6,8H2,1-2H3. The lowest BCUT2D eigenvalue weighted by molar-refractivity contribution is -0.138. The number of esters is 1. The molecule has 1 aliphatic rings. The summed E-state index contributed by atoms with van der Waals surface area (Å²) in [7, 11) is 3.27. The first-order valence-electron chi connectivity index (χ1n) is 5.24. The van der Waals surface area contributed by atoms with Crippen molar-refractivity contribution in [2.45, 2.75) is 6.42 Å². The highest BCUT2D eigenvalue weighted by atomic mass is 16.5. The topological polar surface area (TPSA) is 38.8 Å². The molecule has 0 atom stereocenters. The maximum atomic E-state index is 11.1. The molecule has 0 aliphatic carbocycles. The highest BCUT2D eigenvalue weighted by Gasteiger charge is 2.14. The summed E-state index contributed by atoms with van der Waals surface area (Å²) in [5.74, 6) is 0.717. The number of ether oxygens (including phenoxy) is 2. The molecule has 0 unspecified atom stereocenters. The van der Waals surface area contributed by atoms with Gasteiger partial charge in [0.15, 0.2) is 0 Å². The number of likely N-dealkylation sites (N-methyl/N-ethyl adjacent to an activating group) is 1. The number of fused-ring (bicyclic) bond motifs is 1. The second-order valence-corrected chi connectivity index (χ2v) is 3.82. The van der Waals surface area contributed by atoms with E-state index in [1.54, 1.807) is 0 Å². The molecular formula is C12H15NO3. The number of methoxy groups -OCH3 is 1. The van der Waals surface area contributed by atoms with Crippen LogP contribution in [-0.2, 0) is 16.0 Å². The Hall–Kier alpha value is -1.71. The number of benzene rings is 1. The van der Waals surface area contributed by atoms with Crippen LogP contribution >= 0.6 is 0 Å². The zero-order chi connectivity index (χ0) is 11.5. The Morgan fingerprint density at radius 2 is 2.38 bits per heavy atom. The van der Waals surface area contributed by atoms with E-state index in [0.29, 0.717) is 0 Å². The predicted octanol–water partition coefficient (Wildman–Crippen LogP) is 1.23. The fraction of sp³-hybridized carbons (Fsp3) is 0.417. The van der Waals surface area contributed by atoms with Gasteiger partial charge in [-0.15, -0.1) is 0 Å². The van der Waals surface area contributed by atoms with Crippen LogP contribution in [0.4, 0.5) is 5.69 Å². The minimum Gasteiger partial charge on any atom is -0.493 e. The fourth-order valence-corrected chi connectivity index (χ4v) is 1.76. The first-order chi connectivity index (χ1) is 7.70. The van der Waals surface area contributed by atoms with Crippen LogP contribution < -0.4 is 9.64 Å². The number of rotatable bonds is 3. The zero-order valence-corrected chi connectivity index (χ0v) is 9.53. The maximum absolute atomic E-state index is 11.1. The molecule has 1 aromatic carbocycles. The van der Waals surface area contributed by atoms with Crippen molar-refractivity contribution in [1.29, 1.82) is 0 Å². The van der Waals surface area contributed by atoms with Crippen LogP contribution in [0, 0.1) is 0 Å². The predicted molar refractivity (Wildman–Crippen MR) is 60.9 cm³/mol. The summed E-state index contributed by atoms with van der Waals surface area (Å²) in [5.41, 5.74) is 2.21. The molecule has 1 heterocycles. The fourth-order valence-electron chi connectivity index (χ4n) is 1.76. The van der Waals surface area contributed by atoms with Gasteiger partial charge >= 0.3 is 5.97 Å². The number of anilines is 1. The van der Waals surface area contributed by atoms with E-state index < -0.39 is 0 Å². The largest absolute Gasteiger partial charge is 0.493 e. The Balaban J connectivity index is 2.12. The highest BCUT2D eigenvalue weighted by molar-refractivity contribution is 5.75. The number of carbonyl (C=O) groups is 1. The Morgan fingerprint density at radius 1 is 1.56 bits per heavy atom. The molecule has 0 saturated carbocycles. The van der Waals surface area contributed by atoms with E-state index in [1.165, 1.54) is 12.7 Å². The van der Waals surface area contributed by atoms with E-state index in [0.717, 1.165) is 24.5 Å². The van der Waals surface area contributed by atoms with Crippen LogP contribution in [0.3, 0.4) is 0 Å². The molecule has 0 fully saturated rings. The molecule has 86 valence electrons. The third kappa shape index (κ3) is 2.10. The van der Waals surface area contributed by atoms with Gasteiger partial charge in [-0.2, -0.15) is 0 Å². The molecule has 0 aromatic heterocycles. The lowest BCUT2D eigenvalue weighted by atomic mass is 10.1. The summed E-state index contributed by atoms with van der Waals surface area (Å²) in [6.07, 6.45) is 0.940. The van der Waals surface area contributed by atoms with Crippen LogP contribution in [-0.4, -0.2) is 33.3 Å². The molecule has 0 saturated heterocycles. The summed E-state index contributed by atoms with van der Waals surface area (Å²) < 4.78 is 10.1. The summed E-state index contributed by atoms with van der Waals surface area (Å²) in [5, 5.41) is 0. The van der Waals surface area contributed by atoms with Gasteiger partial charge in [0, 0.05) is 19.2 Å². The Bertz CT molecular complexity index is 403. The van der Waals surface area contributed by atoms with Gasteiger partial charge in [-0.25, -0.2) is 0 Å². The molecule has 0 radical (unpaired) electrons. The van der Waals surface area contributed by atoms with Crippen molar-refractivity contribution in [3.63, 3.8) is 0 Å². The zero-order valence-electron chi connectivity index (χ0n) is 9.53. The normalized spacial score (nSPS) is 12.9. The van der Waals surface area contributed by atoms with Gasteiger partial charge in [-0.05, 0) is 23.8 Å². The van der Waals surface area contributed by atoms with Crippen LogP contribution in [0.15, 0.2) is 18.2 Å². The Morgan fingerprint density at radius 3 is 3.12 bits per heavy atom. The lowest BCUT2D eigenvalue weighted by Crippen LogP contribution is -2.26. The van der Waals surface area contributed by atoms with E-state index in [1.807, 2.05) is 24.1 Å².